The molecule has 826 valence electrons. The zero-order valence-electron chi connectivity index (χ0n) is 88.6. The van der Waals surface area contributed by atoms with E-state index >= 15 is 0 Å². The van der Waals surface area contributed by atoms with Crippen LogP contribution in [0, 0.1) is 0 Å². The van der Waals surface area contributed by atoms with E-state index in [1.54, 1.807) is 27.7 Å². The summed E-state index contributed by atoms with van der Waals surface area (Å²) in [6.45, 7) is 113. The molecule has 0 amide bonds. The topological polar surface area (TPSA) is 278 Å². The first-order valence-corrected chi connectivity index (χ1v) is 97.2. The van der Waals surface area contributed by atoms with Crippen molar-refractivity contribution in [2.24, 2.45) is 0 Å². The predicted octanol–water partition coefficient (Wildman–Crippen LogP) is 30.9. The van der Waals surface area contributed by atoms with Crippen molar-refractivity contribution in [2.75, 3.05) is 46.2 Å². The summed E-state index contributed by atoms with van der Waals surface area (Å²) >= 11 is 0. The maximum Gasteiger partial charge on any atom is 0.469 e. The molecule has 138 heavy (non-hydrogen) atoms. The summed E-state index contributed by atoms with van der Waals surface area (Å²) in [7, 11) is -32.3. The van der Waals surface area contributed by atoms with Crippen molar-refractivity contribution in [1.29, 1.82) is 0 Å². The number of rotatable bonds is 50. The quantitative estimate of drug-likeness (QED) is 0.0146. The molecule has 25 nitrogen and oxygen atoms in total. The number of benzene rings is 1. The van der Waals surface area contributed by atoms with Gasteiger partial charge in [0.1, 0.15) is 12.4 Å². The number of hydrogen-bond acceptors (Lipinski definition) is 25. The Hall–Kier alpha value is -2.35. The van der Waals surface area contributed by atoms with E-state index in [0.29, 0.717) is 86.6 Å². The lowest BCUT2D eigenvalue weighted by Crippen LogP contribution is -2.65. The Morgan fingerprint density at radius 3 is 0.862 bits per heavy atom. The molecule has 0 bridgehead atoms. The fourth-order valence-corrected chi connectivity index (χ4v) is 86.2. The maximum atomic E-state index is 11.6. The molecule has 0 aromatic heterocycles. The van der Waals surface area contributed by atoms with Crippen molar-refractivity contribution < 1.29 is 111 Å². The summed E-state index contributed by atoms with van der Waals surface area (Å²) in [6.07, 6.45) is 8.52. The van der Waals surface area contributed by atoms with Gasteiger partial charge in [0.05, 0.1) is 33.0 Å². The summed E-state index contributed by atoms with van der Waals surface area (Å²) in [5, 5.41) is 0. The maximum absolute atomic E-state index is 11.6. The SMILES string of the molecule is C.C.C.C.C.C.C.C.C.C.C=C(C)C(=O)OCCC[Si](C)(C)O[Si](C)(C)C.C=C(C)C(=O)OCCC[Si](O[Si](C)(C)C)(O[Si](C)(C)C)O[Si](C)(C)C.C=C(C)C(=O)OCCC[Si]1(C)O[Si](C)(C)O[Si](C)(C)O[Si](C)(C)O1.C=C(C)C(=O)Oc1ccc(CCC[Si](C)(C)O[Si](C)(C)C)cc1.C=CC(=O)OCCC[Si](C)(O[Si](C)(C)C)O[Si](C)(C)C.C=CC(=O)OCCOCCC[Si](C)(C)O[Si](C)(C)C. The molecular weight excluding hydrogens is 2030 g/mol. The van der Waals surface area contributed by atoms with Crippen molar-refractivity contribution in [2.45, 2.75) is 432 Å². The van der Waals surface area contributed by atoms with E-state index in [9.17, 15) is 28.8 Å². The lowest BCUT2D eigenvalue weighted by Gasteiger charge is -2.47. The Morgan fingerprint density at radius 1 is 0.304 bits per heavy atom. The lowest BCUT2D eigenvalue weighted by atomic mass is 10.1. The van der Waals surface area contributed by atoms with Gasteiger partial charge in [0, 0.05) is 47.1 Å². The van der Waals surface area contributed by atoms with Crippen molar-refractivity contribution in [3.63, 3.8) is 0 Å². The summed E-state index contributed by atoms with van der Waals surface area (Å²) in [4.78, 5) is 67.4. The predicted molar refractivity (Wildman–Crippen MR) is 639 cm³/mol. The molecule has 0 aliphatic carbocycles. The van der Waals surface area contributed by atoms with E-state index < -0.39 is 149 Å². The first-order valence-electron chi connectivity index (χ1n) is 45.2. The lowest BCUT2D eigenvalue weighted by molar-refractivity contribution is -0.140. The Balaban J connectivity index is -0.000000110. The molecule has 1 aromatic carbocycles. The van der Waals surface area contributed by atoms with Crippen LogP contribution in [0.4, 0.5) is 0 Å². The third kappa shape index (κ3) is 99.6. The van der Waals surface area contributed by atoms with E-state index in [2.05, 4.69) is 249 Å². The minimum atomic E-state index is -2.83. The van der Waals surface area contributed by atoms with Crippen LogP contribution in [0.3, 0.4) is 0 Å². The second-order valence-corrected chi connectivity index (χ2v) is 115. The number of carbonyl (C=O) groups excluding carboxylic acids is 6. The van der Waals surface area contributed by atoms with Crippen LogP contribution in [0.15, 0.2) is 98.2 Å². The zero-order valence-corrected chi connectivity index (χ0v) is 106. The number of hydrogen-bond donors (Lipinski definition) is 0. The van der Waals surface area contributed by atoms with E-state index in [1.807, 2.05) is 63.5 Å². The highest BCUT2D eigenvalue weighted by Gasteiger charge is 2.53. The Kier molecular flexibility index (Phi) is 88.8. The van der Waals surface area contributed by atoms with E-state index in [0.717, 1.165) is 62.4 Å². The molecular formula is C96H224O25Si17. The van der Waals surface area contributed by atoms with Gasteiger partial charge in [0.25, 0.3) is 0 Å². The van der Waals surface area contributed by atoms with Crippen LogP contribution in [0.5, 0.6) is 5.75 Å². The van der Waals surface area contributed by atoms with E-state index in [1.165, 1.54) is 17.7 Å². The second kappa shape index (κ2) is 73.7. The van der Waals surface area contributed by atoms with Crippen LogP contribution < -0.4 is 4.74 Å². The highest BCUT2D eigenvalue weighted by Crippen LogP contribution is 2.35. The molecule has 1 heterocycles. The molecule has 42 heteroatoms. The highest BCUT2D eigenvalue weighted by atomic mass is 28.5. The zero-order chi connectivity index (χ0) is 101. The monoisotopic (exact) mass is 2250 g/mol. The van der Waals surface area contributed by atoms with E-state index in [-0.39, 0.29) is 111 Å². The molecule has 1 aliphatic rings. The van der Waals surface area contributed by atoms with Crippen molar-refractivity contribution in [1.82, 2.24) is 0 Å². The van der Waals surface area contributed by atoms with Crippen LogP contribution in [0.1, 0.15) is 146 Å². The van der Waals surface area contributed by atoms with Crippen molar-refractivity contribution >= 4 is 179 Å². The molecule has 2 rings (SSSR count). The van der Waals surface area contributed by atoms with Gasteiger partial charge in [-0.3, -0.25) is 0 Å². The fraction of sp³-hybridized carbons (Fsp3) is 0.750. The normalized spacial score (nSPS) is 13.9. The first kappa shape index (κ1) is 166. The third-order valence-corrected chi connectivity index (χ3v) is 72.6. The summed E-state index contributed by atoms with van der Waals surface area (Å²) in [6, 6.07) is 13.3. The van der Waals surface area contributed by atoms with Gasteiger partial charge < -0.3 is 82.5 Å². The van der Waals surface area contributed by atoms with Gasteiger partial charge in [0.15, 0.2) is 91.5 Å². The molecule has 0 N–H and O–H groups in total. The Labute approximate surface area is 871 Å². The fourth-order valence-electron chi connectivity index (χ4n) is 13.3. The minimum absolute atomic E-state index is 0. The first-order chi connectivity index (χ1) is 57.2. The molecule has 0 atom stereocenters. The summed E-state index contributed by atoms with van der Waals surface area (Å²) in [5.41, 5.74) is 2.95. The number of aryl methyl sites for hydroxylation is 1. The van der Waals surface area contributed by atoms with Crippen LogP contribution in [-0.2, 0) is 113 Å². The molecule has 1 saturated heterocycles. The summed E-state index contributed by atoms with van der Waals surface area (Å²) in [5.74, 6) is -1.59. The van der Waals surface area contributed by atoms with Gasteiger partial charge in [-0.05, 0) is 369 Å². The smallest absolute Gasteiger partial charge is 0.463 e. The Morgan fingerprint density at radius 2 is 0.565 bits per heavy atom. The molecule has 0 unspecified atom stereocenters. The average molecular weight is 2260 g/mol. The standard InChI is InChI=1S/C18H30O3Si2.C16H38O5Si4.C14H32O6Si4.C13H30O4Si3.C13H28O4Si2.C12H26O3Si2.10CH4/c1-15(2)18(19)20-17-12-10-16(11-13-17)9-8-14-23(6,7)21-22(3,4)5;1-15(2)16(17)18-13-12-14-25(19-22(3,4)5,20-23(6,7)8)21-24(9,10)11;1-13(2)14(15)16-11-10-12-24(9)19-22(5,6)17-21(3,4)18-23(7,8)20-24;1-9-13(14)15-11-10-12-20(8,16-18(2,3)4)17-19(5,6)7;1-7-13(14)16-11-10-15-9-8-12-19(5,6)17-18(2,3)4;1-11(2)12(13)14-9-8-10-17(6,7)15-16(3,4)5;;;;;;;;;;/h10-13H,1,8-9,14H2,2-7H3;1,12-14H2,2-11H3;1,10-12H2,2-9H3;9H,1,10-12H2,2-8H3;7H,1,8-12H2,2-6H3;1,8-10H2,2-7H3;10*1H4. The van der Waals surface area contributed by atoms with Crippen molar-refractivity contribution in [3.8, 4) is 5.75 Å². The van der Waals surface area contributed by atoms with Crippen LogP contribution >= 0.6 is 0 Å². The number of carbonyl (C=O) groups is 6. The minimum Gasteiger partial charge on any atom is -0.463 e. The van der Waals surface area contributed by atoms with Gasteiger partial charge in [0.2, 0.25) is 0 Å². The molecule has 0 radical (unpaired) electrons. The van der Waals surface area contributed by atoms with Gasteiger partial charge in [-0.15, -0.1) is 0 Å². The van der Waals surface area contributed by atoms with E-state index in [4.69, 9.17) is 82.5 Å². The van der Waals surface area contributed by atoms with Crippen LogP contribution in [-0.4, -0.2) is 225 Å². The Bertz CT molecular complexity index is 3490. The highest BCUT2D eigenvalue weighted by molar-refractivity contribution is 6.94. The molecule has 1 aliphatic heterocycles. The largest absolute Gasteiger partial charge is 0.469 e. The van der Waals surface area contributed by atoms with Gasteiger partial charge in [-0.2, -0.15) is 0 Å². The number of ether oxygens (including phenoxy) is 7. The van der Waals surface area contributed by atoms with Crippen LogP contribution in [0.25, 0.3) is 0 Å². The van der Waals surface area contributed by atoms with Gasteiger partial charge >= 0.3 is 87.4 Å². The van der Waals surface area contributed by atoms with Gasteiger partial charge in [-0.1, -0.05) is 126 Å². The molecule has 1 aromatic rings. The van der Waals surface area contributed by atoms with Gasteiger partial charge in [-0.25, -0.2) is 28.8 Å². The molecule has 1 fully saturated rings. The number of esters is 6. The van der Waals surface area contributed by atoms with Crippen LogP contribution in [0.2, 0.25) is 285 Å². The average Bonchev–Trinajstić information content (AvgIpc) is 0.784. The molecule has 0 saturated carbocycles. The van der Waals surface area contributed by atoms with Crippen molar-refractivity contribution in [3.05, 3.63) is 104 Å². The third-order valence-electron chi connectivity index (χ3n) is 15.8. The second-order valence-electron chi connectivity index (χ2n) is 43.8. The summed E-state index contributed by atoms with van der Waals surface area (Å²) < 4.78 is 113. The molecule has 0 spiro atoms.